The highest BCUT2D eigenvalue weighted by molar-refractivity contribution is 5.85. The van der Waals surface area contributed by atoms with E-state index in [1.54, 1.807) is 0 Å². The monoisotopic (exact) mass is 176 g/mol. The highest BCUT2D eigenvalue weighted by atomic mass is 14.0. The van der Waals surface area contributed by atoms with Gasteiger partial charge in [-0.15, -0.1) is 0 Å². The lowest BCUT2D eigenvalue weighted by Gasteiger charge is -1.98. The molecule has 2 heteroatoms. The Hall–Kier alpha value is -1.38. The lowest BCUT2D eigenvalue weighted by atomic mass is 10.1. The van der Waals surface area contributed by atoms with Gasteiger partial charge in [0.2, 0.25) is 0 Å². The van der Waals surface area contributed by atoms with Crippen molar-refractivity contribution in [3.8, 4) is 0 Å². The lowest BCUT2D eigenvalue weighted by Crippen LogP contribution is -1.75. The summed E-state index contributed by atoms with van der Waals surface area (Å²) in [7, 11) is 0. The SMILES string of the molecule is Cc1cccc2ccccc12.N.N. The Bertz CT molecular complexity index is 377. The van der Waals surface area contributed by atoms with Crippen LogP contribution in [-0.2, 0) is 0 Å². The number of hydrogen-bond donors (Lipinski definition) is 2. The summed E-state index contributed by atoms with van der Waals surface area (Å²) in [5.41, 5.74) is 1.35. The molecule has 6 N–H and O–H groups in total. The molecule has 70 valence electrons. The maximum absolute atomic E-state index is 2.16. The number of hydrogen-bond acceptors (Lipinski definition) is 2. The summed E-state index contributed by atoms with van der Waals surface area (Å²) >= 11 is 0. The molecule has 0 aliphatic heterocycles. The van der Waals surface area contributed by atoms with Gasteiger partial charge in [-0.1, -0.05) is 42.5 Å². The molecule has 0 unspecified atom stereocenters. The van der Waals surface area contributed by atoms with Crippen molar-refractivity contribution in [1.82, 2.24) is 12.3 Å². The minimum absolute atomic E-state index is 0. The van der Waals surface area contributed by atoms with E-state index in [-0.39, 0.29) is 12.3 Å². The molecule has 0 heterocycles. The van der Waals surface area contributed by atoms with Crippen LogP contribution in [0.1, 0.15) is 5.56 Å². The van der Waals surface area contributed by atoms with Crippen LogP contribution in [0, 0.1) is 6.92 Å². The largest absolute Gasteiger partial charge is 0.344 e. The van der Waals surface area contributed by atoms with Gasteiger partial charge in [0.1, 0.15) is 0 Å². The van der Waals surface area contributed by atoms with Gasteiger partial charge in [0, 0.05) is 0 Å². The Labute approximate surface area is 78.7 Å². The number of aryl methyl sites for hydroxylation is 1. The van der Waals surface area contributed by atoms with Crippen LogP contribution in [0.5, 0.6) is 0 Å². The normalized spacial score (nSPS) is 8.69. The van der Waals surface area contributed by atoms with E-state index in [9.17, 15) is 0 Å². The summed E-state index contributed by atoms with van der Waals surface area (Å²) < 4.78 is 0. The Morgan fingerprint density at radius 2 is 1.38 bits per heavy atom. The molecular weight excluding hydrogens is 160 g/mol. The summed E-state index contributed by atoms with van der Waals surface area (Å²) in [5, 5.41) is 2.68. The second-order valence-corrected chi connectivity index (χ2v) is 2.80. The van der Waals surface area contributed by atoms with Gasteiger partial charge in [-0.05, 0) is 23.3 Å². The van der Waals surface area contributed by atoms with Gasteiger partial charge < -0.3 is 12.3 Å². The van der Waals surface area contributed by atoms with Crippen molar-refractivity contribution in [3.63, 3.8) is 0 Å². The minimum Gasteiger partial charge on any atom is -0.344 e. The van der Waals surface area contributed by atoms with Crippen molar-refractivity contribution in [3.05, 3.63) is 48.0 Å². The highest BCUT2D eigenvalue weighted by Gasteiger charge is 1.91. The first-order valence-corrected chi connectivity index (χ1v) is 3.82. The van der Waals surface area contributed by atoms with Gasteiger partial charge in [-0.2, -0.15) is 0 Å². The predicted molar refractivity (Wildman–Crippen MR) is 58.7 cm³/mol. The summed E-state index contributed by atoms with van der Waals surface area (Å²) in [6.45, 7) is 2.14. The van der Waals surface area contributed by atoms with Gasteiger partial charge in [0.25, 0.3) is 0 Å². The van der Waals surface area contributed by atoms with E-state index in [1.165, 1.54) is 16.3 Å². The van der Waals surface area contributed by atoms with Gasteiger partial charge in [-0.25, -0.2) is 0 Å². The fourth-order valence-corrected chi connectivity index (χ4v) is 1.39. The van der Waals surface area contributed by atoms with Gasteiger partial charge >= 0.3 is 0 Å². The van der Waals surface area contributed by atoms with E-state index >= 15 is 0 Å². The lowest BCUT2D eigenvalue weighted by molar-refractivity contribution is 1.53. The first-order valence-electron chi connectivity index (χ1n) is 3.82. The molecule has 0 radical (unpaired) electrons. The van der Waals surface area contributed by atoms with Crippen LogP contribution in [0.25, 0.3) is 10.8 Å². The molecule has 0 atom stereocenters. The average Bonchev–Trinajstić information content (AvgIpc) is 2.06. The molecule has 0 bridgehead atoms. The third-order valence-electron chi connectivity index (χ3n) is 2.01. The number of benzene rings is 2. The molecule has 2 rings (SSSR count). The predicted octanol–water partition coefficient (Wildman–Crippen LogP) is 3.47. The molecule has 0 aromatic heterocycles. The van der Waals surface area contributed by atoms with Crippen LogP contribution in [0.4, 0.5) is 0 Å². The Kier molecular flexibility index (Phi) is 4.11. The highest BCUT2D eigenvalue weighted by Crippen LogP contribution is 2.16. The van der Waals surface area contributed by atoms with Crippen molar-refractivity contribution < 1.29 is 0 Å². The van der Waals surface area contributed by atoms with Gasteiger partial charge in [0.15, 0.2) is 0 Å². The zero-order valence-electron chi connectivity index (χ0n) is 7.96. The smallest absolute Gasteiger partial charge is 0.0155 e. The average molecular weight is 176 g/mol. The van der Waals surface area contributed by atoms with Crippen LogP contribution >= 0.6 is 0 Å². The number of rotatable bonds is 0. The van der Waals surface area contributed by atoms with Crippen molar-refractivity contribution in [2.45, 2.75) is 6.92 Å². The first kappa shape index (κ1) is 11.6. The standard InChI is InChI=1S/C11H10.2H3N/c1-9-5-4-7-10-6-2-3-8-11(9)10;;/h2-8H,1H3;2*1H3. The second kappa shape index (κ2) is 4.60. The van der Waals surface area contributed by atoms with E-state index in [4.69, 9.17) is 0 Å². The molecule has 0 amide bonds. The third-order valence-corrected chi connectivity index (χ3v) is 2.01. The zero-order chi connectivity index (χ0) is 7.68. The molecule has 0 aliphatic rings. The van der Waals surface area contributed by atoms with E-state index < -0.39 is 0 Å². The molecule has 0 fully saturated rings. The first-order chi connectivity index (χ1) is 5.38. The zero-order valence-corrected chi connectivity index (χ0v) is 7.96. The summed E-state index contributed by atoms with van der Waals surface area (Å²) in [4.78, 5) is 0. The fraction of sp³-hybridized carbons (Fsp3) is 0.0909. The molecule has 0 aliphatic carbocycles. The molecule has 0 spiro atoms. The van der Waals surface area contributed by atoms with Gasteiger partial charge in [0.05, 0.1) is 0 Å². The van der Waals surface area contributed by atoms with E-state index in [0.717, 1.165) is 0 Å². The molecule has 2 aromatic carbocycles. The Morgan fingerprint density at radius 1 is 0.769 bits per heavy atom. The van der Waals surface area contributed by atoms with E-state index in [2.05, 4.69) is 49.4 Å². The maximum atomic E-state index is 2.16. The molecule has 2 nitrogen and oxygen atoms in total. The summed E-state index contributed by atoms with van der Waals surface area (Å²) in [6, 6.07) is 14.8. The van der Waals surface area contributed by atoms with Crippen molar-refractivity contribution in [1.29, 1.82) is 0 Å². The molecule has 13 heavy (non-hydrogen) atoms. The molecule has 2 aromatic rings. The fourth-order valence-electron chi connectivity index (χ4n) is 1.39. The van der Waals surface area contributed by atoms with E-state index in [1.807, 2.05) is 0 Å². The van der Waals surface area contributed by atoms with Crippen LogP contribution in [0.3, 0.4) is 0 Å². The van der Waals surface area contributed by atoms with Crippen LogP contribution in [-0.4, -0.2) is 0 Å². The number of fused-ring (bicyclic) bond motifs is 1. The third kappa shape index (κ3) is 2.05. The molecule has 0 saturated carbocycles. The Morgan fingerprint density at radius 3 is 2.08 bits per heavy atom. The van der Waals surface area contributed by atoms with Crippen molar-refractivity contribution >= 4 is 10.8 Å². The quantitative estimate of drug-likeness (QED) is 0.645. The molecular formula is C11H16N2. The van der Waals surface area contributed by atoms with Crippen LogP contribution in [0.15, 0.2) is 42.5 Å². The van der Waals surface area contributed by atoms with Crippen LogP contribution in [0.2, 0.25) is 0 Å². The second-order valence-electron chi connectivity index (χ2n) is 2.80. The minimum atomic E-state index is 0. The molecule has 0 saturated heterocycles. The van der Waals surface area contributed by atoms with Crippen LogP contribution < -0.4 is 12.3 Å². The van der Waals surface area contributed by atoms with Crippen molar-refractivity contribution in [2.24, 2.45) is 0 Å². The Balaban J connectivity index is 0.000000720. The summed E-state index contributed by atoms with van der Waals surface area (Å²) in [5.74, 6) is 0. The topological polar surface area (TPSA) is 70.0 Å². The maximum Gasteiger partial charge on any atom is -0.0155 e. The van der Waals surface area contributed by atoms with Crippen molar-refractivity contribution in [2.75, 3.05) is 0 Å². The summed E-state index contributed by atoms with van der Waals surface area (Å²) in [6.07, 6.45) is 0. The van der Waals surface area contributed by atoms with Gasteiger partial charge in [-0.3, -0.25) is 0 Å². The van der Waals surface area contributed by atoms with E-state index in [0.29, 0.717) is 0 Å².